The van der Waals surface area contributed by atoms with Gasteiger partial charge in [0, 0.05) is 13.1 Å². The molecule has 2 aliphatic rings. The van der Waals surface area contributed by atoms with Crippen molar-refractivity contribution in [1.82, 2.24) is 9.80 Å². The van der Waals surface area contributed by atoms with Crippen LogP contribution in [-0.2, 0) is 4.79 Å². The van der Waals surface area contributed by atoms with Gasteiger partial charge in [0.1, 0.15) is 22.5 Å². The summed E-state index contributed by atoms with van der Waals surface area (Å²) in [6.45, 7) is 6.91. The minimum Gasteiger partial charge on any atom is -0.497 e. The van der Waals surface area contributed by atoms with Crippen molar-refractivity contribution in [2.24, 2.45) is 10.7 Å². The molecule has 2 heterocycles. The summed E-state index contributed by atoms with van der Waals surface area (Å²) in [5, 5.41) is 10.0. The SMILES string of the molecule is CCN(CC)C(=O)C1=C(C)N=C2SC(C#N)=C(N)N2[C@H]1c1cccc(OC)c1. The van der Waals surface area contributed by atoms with Gasteiger partial charge < -0.3 is 15.4 Å². The molecule has 0 bridgehead atoms. The number of rotatable bonds is 5. The third-order valence-corrected chi connectivity index (χ3v) is 5.84. The largest absolute Gasteiger partial charge is 0.497 e. The number of hydrogen-bond acceptors (Lipinski definition) is 7. The fourth-order valence-corrected chi connectivity index (χ4v) is 4.34. The Morgan fingerprint density at radius 1 is 1.43 bits per heavy atom. The van der Waals surface area contributed by atoms with Crippen LogP contribution in [0.2, 0.25) is 0 Å². The second-order valence-electron chi connectivity index (χ2n) is 6.35. The lowest BCUT2D eigenvalue weighted by molar-refractivity contribution is -0.127. The van der Waals surface area contributed by atoms with Crippen LogP contribution >= 0.6 is 11.8 Å². The highest BCUT2D eigenvalue weighted by Gasteiger charge is 2.42. The van der Waals surface area contributed by atoms with Crippen LogP contribution in [0.4, 0.5) is 0 Å². The smallest absolute Gasteiger partial charge is 0.254 e. The molecule has 0 unspecified atom stereocenters. The zero-order valence-electron chi connectivity index (χ0n) is 16.4. The van der Waals surface area contributed by atoms with E-state index in [1.165, 1.54) is 11.8 Å². The van der Waals surface area contributed by atoms with Crippen LogP contribution < -0.4 is 10.5 Å². The van der Waals surface area contributed by atoms with Gasteiger partial charge >= 0.3 is 0 Å². The first-order chi connectivity index (χ1) is 13.5. The highest BCUT2D eigenvalue weighted by Crippen LogP contribution is 2.45. The van der Waals surface area contributed by atoms with Crippen LogP contribution in [0.5, 0.6) is 5.75 Å². The lowest BCUT2D eigenvalue weighted by Crippen LogP contribution is -2.42. The summed E-state index contributed by atoms with van der Waals surface area (Å²) in [6, 6.07) is 9.19. The summed E-state index contributed by atoms with van der Waals surface area (Å²) in [7, 11) is 1.60. The number of hydrogen-bond donors (Lipinski definition) is 1. The third kappa shape index (κ3) is 3.22. The predicted molar refractivity (Wildman–Crippen MR) is 110 cm³/mol. The van der Waals surface area contributed by atoms with E-state index in [4.69, 9.17) is 10.5 Å². The average molecular weight is 398 g/mol. The number of amides is 1. The van der Waals surface area contributed by atoms with Gasteiger partial charge in [-0.15, -0.1) is 0 Å². The molecule has 1 aromatic rings. The number of likely N-dealkylation sites (N-methyl/N-ethyl adjacent to an activating group) is 1. The quantitative estimate of drug-likeness (QED) is 0.821. The van der Waals surface area contributed by atoms with Gasteiger partial charge in [-0.25, -0.2) is 4.99 Å². The lowest BCUT2D eigenvalue weighted by Gasteiger charge is -2.37. The number of benzene rings is 1. The van der Waals surface area contributed by atoms with E-state index in [0.29, 0.717) is 46.0 Å². The highest BCUT2D eigenvalue weighted by molar-refractivity contribution is 8.17. The maximum absolute atomic E-state index is 13.4. The fraction of sp³-hybridized carbons (Fsp3) is 0.350. The number of aliphatic imine (C=N–C) groups is 1. The Kier molecular flexibility index (Phi) is 5.66. The molecular weight excluding hydrogens is 374 g/mol. The Labute approximate surface area is 169 Å². The van der Waals surface area contributed by atoms with Crippen molar-refractivity contribution < 1.29 is 9.53 Å². The maximum Gasteiger partial charge on any atom is 0.254 e. The molecule has 1 atom stereocenters. The first-order valence-electron chi connectivity index (χ1n) is 9.06. The van der Waals surface area contributed by atoms with Crippen molar-refractivity contribution >= 4 is 22.8 Å². The number of thioether (sulfide) groups is 1. The van der Waals surface area contributed by atoms with E-state index in [0.717, 1.165) is 5.56 Å². The number of ether oxygens (including phenoxy) is 1. The number of allylic oxidation sites excluding steroid dienone is 2. The predicted octanol–water partition coefficient (Wildman–Crippen LogP) is 2.95. The second kappa shape index (κ2) is 7.98. The molecule has 0 aliphatic carbocycles. The van der Waals surface area contributed by atoms with Crippen LogP contribution in [-0.4, -0.2) is 41.1 Å². The Balaban J connectivity index is 2.21. The molecule has 0 saturated heterocycles. The van der Waals surface area contributed by atoms with Crippen LogP contribution in [0.25, 0.3) is 0 Å². The molecular formula is C20H23N5O2S. The summed E-state index contributed by atoms with van der Waals surface area (Å²) >= 11 is 1.23. The number of nitrogens with zero attached hydrogens (tertiary/aromatic N) is 4. The van der Waals surface area contributed by atoms with E-state index in [1.54, 1.807) is 16.9 Å². The zero-order chi connectivity index (χ0) is 20.4. The summed E-state index contributed by atoms with van der Waals surface area (Å²) in [5.41, 5.74) is 8.34. The molecule has 0 fully saturated rings. The van der Waals surface area contributed by atoms with Crippen LogP contribution in [0.3, 0.4) is 0 Å². The van der Waals surface area contributed by atoms with Crippen LogP contribution in [0.15, 0.2) is 51.3 Å². The molecule has 8 heteroatoms. The molecule has 146 valence electrons. The van der Waals surface area contributed by atoms with Gasteiger partial charge in [-0.3, -0.25) is 9.69 Å². The first kappa shape index (κ1) is 19.8. The molecule has 0 aromatic heterocycles. The Morgan fingerprint density at radius 3 is 2.75 bits per heavy atom. The van der Waals surface area contributed by atoms with Crippen LogP contribution in [0, 0.1) is 11.3 Å². The molecule has 1 amide bonds. The summed E-state index contributed by atoms with van der Waals surface area (Å²) in [6.07, 6.45) is 0. The number of amidine groups is 1. The molecule has 0 spiro atoms. The van der Waals surface area contributed by atoms with E-state index in [9.17, 15) is 10.1 Å². The van der Waals surface area contributed by atoms with Crippen molar-refractivity contribution in [2.75, 3.05) is 20.2 Å². The molecule has 28 heavy (non-hydrogen) atoms. The van der Waals surface area contributed by atoms with Crippen molar-refractivity contribution in [3.8, 4) is 11.8 Å². The number of carbonyl (C=O) groups excluding carboxylic acids is 1. The van der Waals surface area contributed by atoms with Crippen molar-refractivity contribution in [3.05, 3.63) is 51.8 Å². The molecule has 0 saturated carbocycles. The average Bonchev–Trinajstić information content (AvgIpc) is 3.02. The lowest BCUT2D eigenvalue weighted by atomic mass is 9.93. The van der Waals surface area contributed by atoms with Gasteiger partial charge in [-0.1, -0.05) is 12.1 Å². The molecule has 2 N–H and O–H groups in total. The Morgan fingerprint density at radius 2 is 2.14 bits per heavy atom. The fourth-order valence-electron chi connectivity index (χ4n) is 3.42. The van der Waals surface area contributed by atoms with Crippen LogP contribution in [0.1, 0.15) is 32.4 Å². The molecule has 2 aliphatic heterocycles. The Hall–Kier alpha value is -2.92. The summed E-state index contributed by atoms with van der Waals surface area (Å²) in [4.78, 5) is 21.9. The maximum atomic E-state index is 13.4. The standard InChI is InChI=1S/C20H23N5O2S/c1-5-24(6-2)19(26)16-12(3)23-20-25(18(22)15(11-21)28-20)17(16)13-8-7-9-14(10-13)27-4/h7-10,17H,5-6,22H2,1-4H3/t17-/m0/s1. The van der Waals surface area contributed by atoms with Gasteiger partial charge in [0.25, 0.3) is 5.91 Å². The number of nitriles is 1. The summed E-state index contributed by atoms with van der Waals surface area (Å²) in [5.74, 6) is 0.918. The first-order valence-corrected chi connectivity index (χ1v) is 9.88. The van der Waals surface area contributed by atoms with Crippen molar-refractivity contribution in [2.45, 2.75) is 26.8 Å². The Bertz CT molecular complexity index is 940. The van der Waals surface area contributed by atoms with Gasteiger partial charge in [0.05, 0.1) is 24.4 Å². The van der Waals surface area contributed by atoms with E-state index in [-0.39, 0.29) is 5.91 Å². The molecule has 3 rings (SSSR count). The van der Waals surface area contributed by atoms with Gasteiger partial charge in [-0.05, 0) is 50.2 Å². The third-order valence-electron chi connectivity index (χ3n) is 4.87. The van der Waals surface area contributed by atoms with E-state index in [2.05, 4.69) is 11.1 Å². The molecule has 1 aromatic carbocycles. The van der Waals surface area contributed by atoms with Crippen molar-refractivity contribution in [1.29, 1.82) is 5.26 Å². The molecule has 7 nitrogen and oxygen atoms in total. The number of nitrogens with two attached hydrogens (primary N) is 1. The highest BCUT2D eigenvalue weighted by atomic mass is 32.2. The zero-order valence-corrected chi connectivity index (χ0v) is 17.2. The minimum absolute atomic E-state index is 0.0821. The number of fused-ring (bicyclic) bond motifs is 1. The van der Waals surface area contributed by atoms with Gasteiger partial charge in [0.15, 0.2) is 5.17 Å². The number of methoxy groups -OCH3 is 1. The summed E-state index contributed by atoms with van der Waals surface area (Å²) < 4.78 is 5.38. The number of carbonyl (C=O) groups is 1. The van der Waals surface area contributed by atoms with Gasteiger partial charge in [0.2, 0.25) is 0 Å². The van der Waals surface area contributed by atoms with Crippen molar-refractivity contribution in [3.63, 3.8) is 0 Å². The second-order valence-corrected chi connectivity index (χ2v) is 7.33. The minimum atomic E-state index is -0.478. The monoisotopic (exact) mass is 397 g/mol. The normalized spacial score (nSPS) is 18.6. The topological polar surface area (TPSA) is 95.0 Å². The molecule has 0 radical (unpaired) electrons. The van der Waals surface area contributed by atoms with Gasteiger partial charge in [-0.2, -0.15) is 5.26 Å². The van der Waals surface area contributed by atoms with E-state index >= 15 is 0 Å². The van der Waals surface area contributed by atoms with E-state index < -0.39 is 6.04 Å². The van der Waals surface area contributed by atoms with E-state index in [1.807, 2.05) is 45.0 Å².